The van der Waals surface area contributed by atoms with Crippen LogP contribution in [0.4, 0.5) is 0 Å². The van der Waals surface area contributed by atoms with Crippen molar-refractivity contribution < 1.29 is 0 Å². The lowest BCUT2D eigenvalue weighted by Crippen LogP contribution is -2.37. The second-order valence-electron chi connectivity index (χ2n) is 4.28. The summed E-state index contributed by atoms with van der Waals surface area (Å²) in [7, 11) is 2.05. The fourth-order valence-electron chi connectivity index (χ4n) is 1.13. The van der Waals surface area contributed by atoms with Gasteiger partial charge >= 0.3 is 0 Å². The van der Waals surface area contributed by atoms with Gasteiger partial charge in [-0.1, -0.05) is 6.92 Å². The first kappa shape index (κ1) is 10.3. The Labute approximate surface area is 81.0 Å². The molecular weight excluding hydrogens is 160 g/mol. The van der Waals surface area contributed by atoms with Crippen LogP contribution in [0.2, 0.25) is 0 Å². The van der Waals surface area contributed by atoms with E-state index in [1.54, 1.807) is 0 Å². The molecule has 0 atom stereocenters. The zero-order valence-electron chi connectivity index (χ0n) is 9.09. The minimum Gasteiger partial charge on any atom is -0.357 e. The first-order chi connectivity index (χ1) is 6.03. The maximum atomic E-state index is 3.52. The molecule has 2 heteroatoms. The zero-order valence-corrected chi connectivity index (χ0v) is 9.09. The van der Waals surface area contributed by atoms with Crippen LogP contribution < -0.4 is 5.32 Å². The molecule has 0 fully saturated rings. The zero-order chi connectivity index (χ0) is 9.90. The van der Waals surface area contributed by atoms with Gasteiger partial charge < -0.3 is 9.88 Å². The van der Waals surface area contributed by atoms with Gasteiger partial charge in [-0.3, -0.25) is 0 Å². The van der Waals surface area contributed by atoms with Crippen LogP contribution in [0.1, 0.15) is 32.8 Å². The molecule has 1 N–H and O–H groups in total. The van der Waals surface area contributed by atoms with E-state index in [2.05, 4.69) is 56.2 Å². The van der Waals surface area contributed by atoms with Crippen molar-refractivity contribution in [1.29, 1.82) is 0 Å². The first-order valence-electron chi connectivity index (χ1n) is 4.89. The molecule has 0 saturated heterocycles. The van der Waals surface area contributed by atoms with Gasteiger partial charge in [0.15, 0.2) is 0 Å². The highest BCUT2D eigenvalue weighted by Gasteiger charge is 2.13. The molecule has 74 valence electrons. The molecule has 0 aliphatic rings. The van der Waals surface area contributed by atoms with Gasteiger partial charge in [0.1, 0.15) is 0 Å². The summed E-state index contributed by atoms with van der Waals surface area (Å²) in [4.78, 5) is 0. The van der Waals surface area contributed by atoms with E-state index in [-0.39, 0.29) is 5.54 Å². The number of aromatic nitrogens is 1. The normalized spacial score (nSPS) is 12.0. The maximum Gasteiger partial charge on any atom is 0.0225 e. The number of aryl methyl sites for hydroxylation is 1. The average molecular weight is 180 g/mol. The molecule has 0 radical (unpaired) electrons. The Morgan fingerprint density at radius 1 is 1.46 bits per heavy atom. The number of rotatable bonds is 4. The lowest BCUT2D eigenvalue weighted by Gasteiger charge is -2.24. The summed E-state index contributed by atoms with van der Waals surface area (Å²) in [6.07, 6.45) is 5.38. The molecule has 1 aromatic rings. The number of nitrogens with one attached hydrogen (secondary N) is 1. The monoisotopic (exact) mass is 180 g/mol. The minimum absolute atomic E-state index is 0.246. The van der Waals surface area contributed by atoms with Crippen LogP contribution >= 0.6 is 0 Å². The van der Waals surface area contributed by atoms with Crippen LogP contribution in [-0.4, -0.2) is 10.1 Å². The summed E-state index contributed by atoms with van der Waals surface area (Å²) >= 11 is 0. The van der Waals surface area contributed by atoms with Gasteiger partial charge in [0.25, 0.3) is 0 Å². The van der Waals surface area contributed by atoms with Gasteiger partial charge in [0, 0.05) is 31.5 Å². The Morgan fingerprint density at radius 2 is 2.15 bits per heavy atom. The fraction of sp³-hybridized carbons (Fsp3) is 0.636. The molecule has 0 spiro atoms. The molecule has 0 aromatic carbocycles. The molecule has 0 saturated carbocycles. The van der Waals surface area contributed by atoms with Gasteiger partial charge in [0.05, 0.1) is 0 Å². The highest BCUT2D eigenvalue weighted by molar-refractivity contribution is 5.09. The van der Waals surface area contributed by atoms with E-state index in [1.165, 1.54) is 5.56 Å². The lowest BCUT2D eigenvalue weighted by molar-refractivity contribution is 0.374. The average Bonchev–Trinajstić information content (AvgIpc) is 2.48. The van der Waals surface area contributed by atoms with E-state index in [1.807, 2.05) is 0 Å². The van der Waals surface area contributed by atoms with Crippen LogP contribution in [0.25, 0.3) is 0 Å². The van der Waals surface area contributed by atoms with E-state index in [0.29, 0.717) is 0 Å². The second-order valence-corrected chi connectivity index (χ2v) is 4.28. The molecule has 0 amide bonds. The Kier molecular flexibility index (Phi) is 3.15. The highest BCUT2D eigenvalue weighted by atomic mass is 15.0. The van der Waals surface area contributed by atoms with Crippen molar-refractivity contribution in [2.75, 3.05) is 0 Å². The van der Waals surface area contributed by atoms with Crippen LogP contribution in [0.5, 0.6) is 0 Å². The van der Waals surface area contributed by atoms with E-state index in [0.717, 1.165) is 13.0 Å². The van der Waals surface area contributed by atoms with Crippen molar-refractivity contribution in [3.05, 3.63) is 24.0 Å². The van der Waals surface area contributed by atoms with E-state index < -0.39 is 0 Å². The van der Waals surface area contributed by atoms with Crippen molar-refractivity contribution >= 4 is 0 Å². The molecule has 0 aliphatic carbocycles. The van der Waals surface area contributed by atoms with Gasteiger partial charge in [-0.05, 0) is 31.9 Å². The Bertz CT molecular complexity index is 261. The predicted octanol–water partition coefficient (Wildman–Crippen LogP) is 2.30. The largest absolute Gasteiger partial charge is 0.357 e. The molecular formula is C11H20N2. The third-order valence-corrected chi connectivity index (χ3v) is 2.55. The van der Waals surface area contributed by atoms with Crippen molar-refractivity contribution in [2.24, 2.45) is 7.05 Å². The van der Waals surface area contributed by atoms with Crippen molar-refractivity contribution in [3.63, 3.8) is 0 Å². The summed E-state index contributed by atoms with van der Waals surface area (Å²) in [5.41, 5.74) is 1.60. The SMILES string of the molecule is CCC(C)(C)NCc1ccn(C)c1. The molecule has 1 rings (SSSR count). The smallest absolute Gasteiger partial charge is 0.0225 e. The molecule has 0 unspecified atom stereocenters. The van der Waals surface area contributed by atoms with Gasteiger partial charge in [-0.15, -0.1) is 0 Å². The summed E-state index contributed by atoms with van der Waals surface area (Å²) in [5.74, 6) is 0. The van der Waals surface area contributed by atoms with Gasteiger partial charge in [-0.2, -0.15) is 0 Å². The maximum absolute atomic E-state index is 3.52. The summed E-state index contributed by atoms with van der Waals surface area (Å²) in [5, 5.41) is 3.52. The molecule has 2 nitrogen and oxygen atoms in total. The fourth-order valence-corrected chi connectivity index (χ4v) is 1.13. The number of hydrogen-bond donors (Lipinski definition) is 1. The molecule has 0 bridgehead atoms. The predicted molar refractivity (Wildman–Crippen MR) is 56.6 cm³/mol. The summed E-state index contributed by atoms with van der Waals surface area (Å²) in [6, 6.07) is 2.15. The van der Waals surface area contributed by atoms with Crippen LogP contribution in [0.15, 0.2) is 18.5 Å². The molecule has 13 heavy (non-hydrogen) atoms. The van der Waals surface area contributed by atoms with Crippen LogP contribution in [-0.2, 0) is 13.6 Å². The third kappa shape index (κ3) is 3.23. The van der Waals surface area contributed by atoms with Crippen molar-refractivity contribution in [1.82, 2.24) is 9.88 Å². The molecule has 0 aliphatic heterocycles. The third-order valence-electron chi connectivity index (χ3n) is 2.55. The minimum atomic E-state index is 0.246. The summed E-state index contributed by atoms with van der Waals surface area (Å²) in [6.45, 7) is 7.63. The topological polar surface area (TPSA) is 17.0 Å². The second kappa shape index (κ2) is 3.97. The lowest BCUT2D eigenvalue weighted by atomic mass is 10.0. The molecule has 1 heterocycles. The quantitative estimate of drug-likeness (QED) is 0.752. The summed E-state index contributed by atoms with van der Waals surface area (Å²) < 4.78 is 2.08. The Balaban J connectivity index is 2.43. The van der Waals surface area contributed by atoms with Crippen LogP contribution in [0.3, 0.4) is 0 Å². The standard InChI is InChI=1S/C11H20N2/c1-5-11(2,3)12-8-10-6-7-13(4)9-10/h6-7,9,12H,5,8H2,1-4H3. The van der Waals surface area contributed by atoms with Crippen molar-refractivity contribution in [3.8, 4) is 0 Å². The number of hydrogen-bond acceptors (Lipinski definition) is 1. The van der Waals surface area contributed by atoms with Crippen molar-refractivity contribution in [2.45, 2.75) is 39.3 Å². The van der Waals surface area contributed by atoms with E-state index >= 15 is 0 Å². The van der Waals surface area contributed by atoms with Gasteiger partial charge in [0.2, 0.25) is 0 Å². The van der Waals surface area contributed by atoms with E-state index in [4.69, 9.17) is 0 Å². The number of nitrogens with zero attached hydrogens (tertiary/aromatic N) is 1. The first-order valence-corrected chi connectivity index (χ1v) is 4.89. The Morgan fingerprint density at radius 3 is 2.62 bits per heavy atom. The van der Waals surface area contributed by atoms with Crippen LogP contribution in [0, 0.1) is 0 Å². The van der Waals surface area contributed by atoms with Gasteiger partial charge in [-0.25, -0.2) is 0 Å². The van der Waals surface area contributed by atoms with E-state index in [9.17, 15) is 0 Å². The molecule has 1 aromatic heterocycles. The Hall–Kier alpha value is -0.760. The highest BCUT2D eigenvalue weighted by Crippen LogP contribution is 2.09.